The van der Waals surface area contributed by atoms with Crippen LogP contribution in [0.15, 0.2) is 48.7 Å². The lowest BCUT2D eigenvalue weighted by Crippen LogP contribution is -2.38. The van der Waals surface area contributed by atoms with Gasteiger partial charge < -0.3 is 14.6 Å². The summed E-state index contributed by atoms with van der Waals surface area (Å²) in [5, 5.41) is 4.21. The topological polar surface area (TPSA) is 46.5 Å². The normalized spacial score (nSPS) is 14.9. The van der Waals surface area contributed by atoms with Crippen LogP contribution in [0.5, 0.6) is 0 Å². The van der Waals surface area contributed by atoms with Gasteiger partial charge in [0, 0.05) is 55.4 Å². The molecule has 158 valence electrons. The minimum Gasteiger partial charge on any atom is -0.379 e. The van der Waals surface area contributed by atoms with Gasteiger partial charge >= 0.3 is 0 Å². The zero-order valence-corrected chi connectivity index (χ0v) is 18.0. The molecule has 1 amide bonds. The van der Waals surface area contributed by atoms with Gasteiger partial charge in [0.05, 0.1) is 13.2 Å². The third kappa shape index (κ3) is 5.10. The molecule has 1 fully saturated rings. The Morgan fingerprint density at radius 2 is 1.87 bits per heavy atom. The second-order valence-electron chi connectivity index (χ2n) is 8.21. The Morgan fingerprint density at radius 1 is 1.03 bits per heavy atom. The molecule has 4 rings (SSSR count). The molecular formula is C25H31N3O2. The number of amides is 1. The number of hydrogen-bond donors (Lipinski definition) is 1. The summed E-state index contributed by atoms with van der Waals surface area (Å²) in [5.41, 5.74) is 5.81. The summed E-state index contributed by atoms with van der Waals surface area (Å²) in [5.74, 6) is 0.0566. The van der Waals surface area contributed by atoms with E-state index in [2.05, 4.69) is 71.2 Å². The molecule has 0 aliphatic carbocycles. The molecule has 5 heteroatoms. The van der Waals surface area contributed by atoms with E-state index in [0.717, 1.165) is 56.9 Å². The molecule has 0 unspecified atom stereocenters. The number of hydrogen-bond acceptors (Lipinski definition) is 3. The number of carbonyl (C=O) groups is 1. The fourth-order valence-electron chi connectivity index (χ4n) is 4.14. The van der Waals surface area contributed by atoms with E-state index in [-0.39, 0.29) is 5.91 Å². The van der Waals surface area contributed by atoms with Crippen LogP contribution in [0.2, 0.25) is 0 Å². The first-order chi connectivity index (χ1) is 14.6. The average Bonchev–Trinajstić information content (AvgIpc) is 3.14. The lowest BCUT2D eigenvalue weighted by molar-refractivity contribution is -0.116. The molecule has 2 heterocycles. The van der Waals surface area contributed by atoms with Crippen molar-refractivity contribution in [1.82, 2.24) is 9.47 Å². The Balaban J connectivity index is 1.33. The quantitative estimate of drug-likeness (QED) is 0.642. The van der Waals surface area contributed by atoms with Crippen LogP contribution in [0.3, 0.4) is 0 Å². The zero-order chi connectivity index (χ0) is 20.9. The highest BCUT2D eigenvalue weighted by Gasteiger charge is 2.11. The molecule has 2 aromatic carbocycles. The van der Waals surface area contributed by atoms with E-state index >= 15 is 0 Å². The van der Waals surface area contributed by atoms with Crippen molar-refractivity contribution in [3.05, 3.63) is 65.4 Å². The number of rotatable bonds is 7. The molecule has 3 aromatic rings. The Kier molecular flexibility index (Phi) is 6.50. The van der Waals surface area contributed by atoms with Crippen LogP contribution < -0.4 is 5.32 Å². The number of ether oxygens (including phenoxy) is 1. The number of morpholine rings is 1. The SMILES string of the molecule is Cc1ccc(CCC(=O)Nc2ccc3c(ccn3CCN3CCOCC3)c2)c(C)c1. The first kappa shape index (κ1) is 20.6. The van der Waals surface area contributed by atoms with Gasteiger partial charge in [-0.25, -0.2) is 0 Å². The molecule has 0 bridgehead atoms. The van der Waals surface area contributed by atoms with Gasteiger partial charge in [0.1, 0.15) is 0 Å². The maximum atomic E-state index is 12.5. The van der Waals surface area contributed by atoms with Crippen molar-refractivity contribution in [3.63, 3.8) is 0 Å². The van der Waals surface area contributed by atoms with Crippen molar-refractivity contribution in [2.24, 2.45) is 0 Å². The molecule has 1 aromatic heterocycles. The van der Waals surface area contributed by atoms with E-state index < -0.39 is 0 Å². The first-order valence-corrected chi connectivity index (χ1v) is 10.8. The number of benzene rings is 2. The summed E-state index contributed by atoms with van der Waals surface area (Å²) in [6.07, 6.45) is 3.39. The first-order valence-electron chi connectivity index (χ1n) is 10.8. The van der Waals surface area contributed by atoms with Crippen molar-refractivity contribution < 1.29 is 9.53 Å². The predicted molar refractivity (Wildman–Crippen MR) is 122 cm³/mol. The minimum atomic E-state index is 0.0566. The van der Waals surface area contributed by atoms with Crippen LogP contribution in [0, 0.1) is 13.8 Å². The van der Waals surface area contributed by atoms with Crippen LogP contribution in [-0.4, -0.2) is 48.2 Å². The second-order valence-corrected chi connectivity index (χ2v) is 8.21. The lowest BCUT2D eigenvalue weighted by atomic mass is 10.0. The van der Waals surface area contributed by atoms with Crippen molar-refractivity contribution in [2.45, 2.75) is 33.2 Å². The molecule has 1 saturated heterocycles. The number of aryl methyl sites for hydroxylation is 3. The Morgan fingerprint density at radius 3 is 2.67 bits per heavy atom. The summed E-state index contributed by atoms with van der Waals surface area (Å²) in [6, 6.07) is 14.7. The van der Waals surface area contributed by atoms with E-state index in [4.69, 9.17) is 4.74 Å². The number of nitrogens with zero attached hydrogens (tertiary/aromatic N) is 2. The van der Waals surface area contributed by atoms with Gasteiger partial charge in [-0.3, -0.25) is 9.69 Å². The Labute approximate surface area is 178 Å². The highest BCUT2D eigenvalue weighted by molar-refractivity contribution is 5.94. The second kappa shape index (κ2) is 9.45. The predicted octanol–water partition coefficient (Wildman–Crippen LogP) is 4.16. The Hall–Kier alpha value is -2.63. The number of anilines is 1. The summed E-state index contributed by atoms with van der Waals surface area (Å²) < 4.78 is 7.71. The van der Waals surface area contributed by atoms with E-state index in [1.165, 1.54) is 22.2 Å². The number of nitrogens with one attached hydrogen (secondary N) is 1. The van der Waals surface area contributed by atoms with Crippen molar-refractivity contribution in [3.8, 4) is 0 Å². The van der Waals surface area contributed by atoms with E-state index in [1.54, 1.807) is 0 Å². The highest BCUT2D eigenvalue weighted by atomic mass is 16.5. The zero-order valence-electron chi connectivity index (χ0n) is 18.0. The largest absolute Gasteiger partial charge is 0.379 e. The van der Waals surface area contributed by atoms with Gasteiger partial charge in [-0.1, -0.05) is 23.8 Å². The number of aromatic nitrogens is 1. The molecule has 5 nitrogen and oxygen atoms in total. The van der Waals surface area contributed by atoms with Gasteiger partial charge in [-0.2, -0.15) is 0 Å². The van der Waals surface area contributed by atoms with E-state index in [0.29, 0.717) is 6.42 Å². The monoisotopic (exact) mass is 405 g/mol. The van der Waals surface area contributed by atoms with Crippen LogP contribution >= 0.6 is 0 Å². The van der Waals surface area contributed by atoms with Gasteiger partial charge in [-0.05, 0) is 55.7 Å². The summed E-state index contributed by atoms with van der Waals surface area (Å²) in [4.78, 5) is 14.9. The van der Waals surface area contributed by atoms with Crippen LogP contribution in [0.1, 0.15) is 23.1 Å². The molecule has 0 spiro atoms. The molecule has 1 aliphatic rings. The average molecular weight is 406 g/mol. The van der Waals surface area contributed by atoms with Crippen molar-refractivity contribution >= 4 is 22.5 Å². The standard InChI is InChI=1S/C25H31N3O2/c1-19-3-4-21(20(2)17-19)5-8-25(29)26-23-6-7-24-22(18-23)9-10-28(24)12-11-27-13-15-30-16-14-27/h3-4,6-7,9-10,17-18H,5,8,11-16H2,1-2H3,(H,26,29). The minimum absolute atomic E-state index is 0.0566. The third-order valence-electron chi connectivity index (χ3n) is 5.94. The van der Waals surface area contributed by atoms with Crippen molar-refractivity contribution in [1.29, 1.82) is 0 Å². The maximum Gasteiger partial charge on any atom is 0.224 e. The molecule has 0 saturated carbocycles. The fourth-order valence-corrected chi connectivity index (χ4v) is 4.14. The molecular weight excluding hydrogens is 374 g/mol. The third-order valence-corrected chi connectivity index (χ3v) is 5.94. The van der Waals surface area contributed by atoms with E-state index in [1.807, 2.05) is 6.07 Å². The van der Waals surface area contributed by atoms with Crippen molar-refractivity contribution in [2.75, 3.05) is 38.2 Å². The van der Waals surface area contributed by atoms with Crippen LogP contribution in [0.25, 0.3) is 10.9 Å². The van der Waals surface area contributed by atoms with E-state index in [9.17, 15) is 4.79 Å². The molecule has 30 heavy (non-hydrogen) atoms. The fraction of sp³-hybridized carbons (Fsp3) is 0.400. The van der Waals surface area contributed by atoms with Gasteiger partial charge in [0.2, 0.25) is 5.91 Å². The smallest absolute Gasteiger partial charge is 0.224 e. The Bertz CT molecular complexity index is 1020. The van der Waals surface area contributed by atoms with Gasteiger partial charge in [0.15, 0.2) is 0 Å². The maximum absolute atomic E-state index is 12.5. The summed E-state index contributed by atoms with van der Waals surface area (Å²) >= 11 is 0. The summed E-state index contributed by atoms with van der Waals surface area (Å²) in [6.45, 7) is 9.88. The van der Waals surface area contributed by atoms with Crippen LogP contribution in [0.4, 0.5) is 5.69 Å². The highest BCUT2D eigenvalue weighted by Crippen LogP contribution is 2.21. The molecule has 1 aliphatic heterocycles. The van der Waals surface area contributed by atoms with Gasteiger partial charge in [0.25, 0.3) is 0 Å². The van der Waals surface area contributed by atoms with Gasteiger partial charge in [-0.15, -0.1) is 0 Å². The number of fused-ring (bicyclic) bond motifs is 1. The molecule has 1 N–H and O–H groups in total. The molecule has 0 atom stereocenters. The molecule has 0 radical (unpaired) electrons. The lowest BCUT2D eigenvalue weighted by Gasteiger charge is -2.26. The van der Waals surface area contributed by atoms with Crippen LogP contribution in [-0.2, 0) is 22.5 Å². The summed E-state index contributed by atoms with van der Waals surface area (Å²) in [7, 11) is 0. The number of carbonyl (C=O) groups excluding carboxylic acids is 1.